The zero-order valence-corrected chi connectivity index (χ0v) is 15.2. The van der Waals surface area contributed by atoms with Gasteiger partial charge in [0.1, 0.15) is 17.7 Å². The van der Waals surface area contributed by atoms with E-state index in [2.05, 4.69) is 20.4 Å². The highest BCUT2D eigenvalue weighted by Crippen LogP contribution is 2.32. The minimum absolute atomic E-state index is 0.133. The first-order valence-corrected chi connectivity index (χ1v) is 8.69. The number of nitrogens with one attached hydrogen (secondary N) is 1. The number of aryl methyl sites for hydroxylation is 1. The Morgan fingerprint density at radius 1 is 1.28 bits per heavy atom. The fourth-order valence-electron chi connectivity index (χ4n) is 3.36. The number of nitrogens with two attached hydrogens (primary N) is 1. The number of nitrogens with zero attached hydrogens (tertiary/aromatic N) is 4. The van der Waals surface area contributed by atoms with Crippen LogP contribution >= 0.6 is 0 Å². The van der Waals surface area contributed by atoms with Crippen molar-refractivity contribution in [1.29, 1.82) is 0 Å². The summed E-state index contributed by atoms with van der Waals surface area (Å²) in [6.45, 7) is 7.51. The molecule has 1 amide bonds. The van der Waals surface area contributed by atoms with Gasteiger partial charge in [0.05, 0.1) is 17.1 Å². The molecule has 3 rings (SSSR count). The van der Waals surface area contributed by atoms with Gasteiger partial charge in [-0.1, -0.05) is 0 Å². The van der Waals surface area contributed by atoms with E-state index in [1.165, 1.54) is 6.33 Å². The second kappa shape index (κ2) is 6.50. The van der Waals surface area contributed by atoms with Gasteiger partial charge < -0.3 is 15.8 Å². The van der Waals surface area contributed by atoms with Gasteiger partial charge in [0.25, 0.3) is 0 Å². The van der Waals surface area contributed by atoms with Crippen LogP contribution in [0.1, 0.15) is 58.2 Å². The van der Waals surface area contributed by atoms with Crippen LogP contribution in [0, 0.1) is 6.92 Å². The Hall–Kier alpha value is -2.38. The summed E-state index contributed by atoms with van der Waals surface area (Å²) >= 11 is 0. The molecule has 1 saturated carbocycles. The molecule has 2 heterocycles. The van der Waals surface area contributed by atoms with Crippen molar-refractivity contribution in [3.63, 3.8) is 0 Å². The van der Waals surface area contributed by atoms with Crippen molar-refractivity contribution in [2.45, 2.75) is 71.1 Å². The Morgan fingerprint density at radius 3 is 2.60 bits per heavy atom. The molecule has 0 spiro atoms. The van der Waals surface area contributed by atoms with Crippen LogP contribution in [0.25, 0.3) is 11.0 Å². The number of aromatic nitrogens is 4. The first kappa shape index (κ1) is 17.4. The van der Waals surface area contributed by atoms with Gasteiger partial charge in [-0.2, -0.15) is 5.10 Å². The monoisotopic (exact) mass is 346 g/mol. The number of anilines is 1. The molecule has 8 nitrogen and oxygen atoms in total. The van der Waals surface area contributed by atoms with E-state index in [1.807, 2.05) is 32.4 Å². The van der Waals surface area contributed by atoms with Crippen molar-refractivity contribution in [3.8, 4) is 0 Å². The number of hydrogen-bond acceptors (Lipinski definition) is 6. The number of carbonyl (C=O) groups is 1. The molecule has 0 radical (unpaired) electrons. The molecule has 2 aromatic heterocycles. The molecule has 1 aliphatic rings. The molecular formula is C17H26N6O2. The number of hydrogen-bond donors (Lipinski definition) is 2. The van der Waals surface area contributed by atoms with Gasteiger partial charge in [-0.15, -0.1) is 0 Å². The number of rotatable bonds is 2. The Kier molecular flexibility index (Phi) is 4.53. The van der Waals surface area contributed by atoms with E-state index >= 15 is 0 Å². The van der Waals surface area contributed by atoms with E-state index in [-0.39, 0.29) is 18.2 Å². The summed E-state index contributed by atoms with van der Waals surface area (Å²) < 4.78 is 7.29. The summed E-state index contributed by atoms with van der Waals surface area (Å²) in [6, 6.07) is 0.385. The number of fused-ring (bicyclic) bond motifs is 1. The van der Waals surface area contributed by atoms with Crippen molar-refractivity contribution in [3.05, 3.63) is 12.0 Å². The molecule has 0 saturated heterocycles. The van der Waals surface area contributed by atoms with Crippen molar-refractivity contribution in [1.82, 2.24) is 25.1 Å². The number of carbonyl (C=O) groups excluding carboxylic acids is 1. The zero-order chi connectivity index (χ0) is 18.2. The van der Waals surface area contributed by atoms with Crippen LogP contribution in [-0.4, -0.2) is 37.5 Å². The standard InChI is InChI=1S/C17H26N6O2/c1-10-13-14(18)19-9-20-15(13)23(22-10)12-7-5-11(6-8-12)21-16(24)25-17(2,3)4/h9,11-12H,5-8H2,1-4H3,(H,21,24)(H2,18,19,20). The smallest absolute Gasteiger partial charge is 0.407 e. The van der Waals surface area contributed by atoms with E-state index < -0.39 is 5.60 Å². The lowest BCUT2D eigenvalue weighted by atomic mass is 9.91. The van der Waals surface area contributed by atoms with E-state index in [1.54, 1.807) is 0 Å². The highest BCUT2D eigenvalue weighted by atomic mass is 16.6. The third-order valence-electron chi connectivity index (χ3n) is 4.46. The third-order valence-corrected chi connectivity index (χ3v) is 4.46. The number of alkyl carbamates (subject to hydrolysis) is 1. The van der Waals surface area contributed by atoms with Crippen molar-refractivity contribution < 1.29 is 9.53 Å². The molecule has 136 valence electrons. The topological polar surface area (TPSA) is 108 Å². The summed E-state index contributed by atoms with van der Waals surface area (Å²) in [5.74, 6) is 0.467. The molecule has 0 unspecified atom stereocenters. The molecule has 2 aromatic rings. The van der Waals surface area contributed by atoms with Gasteiger partial charge in [-0.25, -0.2) is 19.4 Å². The lowest BCUT2D eigenvalue weighted by molar-refractivity contribution is 0.0487. The van der Waals surface area contributed by atoms with Crippen LogP contribution in [0.15, 0.2) is 6.33 Å². The average molecular weight is 346 g/mol. The van der Waals surface area contributed by atoms with Gasteiger partial charge in [0.2, 0.25) is 0 Å². The van der Waals surface area contributed by atoms with Crippen LogP contribution in [0.5, 0.6) is 0 Å². The van der Waals surface area contributed by atoms with Crippen LogP contribution in [0.2, 0.25) is 0 Å². The number of nitrogen functional groups attached to an aromatic ring is 1. The highest BCUT2D eigenvalue weighted by Gasteiger charge is 2.27. The predicted molar refractivity (Wildman–Crippen MR) is 95.1 cm³/mol. The molecule has 1 aliphatic carbocycles. The minimum Gasteiger partial charge on any atom is -0.444 e. The quantitative estimate of drug-likeness (QED) is 0.865. The second-order valence-electron chi connectivity index (χ2n) is 7.64. The Balaban J connectivity index is 1.65. The van der Waals surface area contributed by atoms with Crippen molar-refractivity contribution in [2.75, 3.05) is 5.73 Å². The fourth-order valence-corrected chi connectivity index (χ4v) is 3.36. The largest absolute Gasteiger partial charge is 0.444 e. The first-order valence-electron chi connectivity index (χ1n) is 8.69. The summed E-state index contributed by atoms with van der Waals surface area (Å²) in [5.41, 5.74) is 7.12. The first-order chi connectivity index (χ1) is 11.7. The van der Waals surface area contributed by atoms with E-state index in [4.69, 9.17) is 10.5 Å². The maximum Gasteiger partial charge on any atom is 0.407 e. The summed E-state index contributed by atoms with van der Waals surface area (Å²) in [4.78, 5) is 20.3. The Bertz CT molecular complexity index is 771. The maximum atomic E-state index is 11.9. The summed E-state index contributed by atoms with van der Waals surface area (Å²) in [6.07, 6.45) is 4.72. The van der Waals surface area contributed by atoms with Gasteiger partial charge >= 0.3 is 6.09 Å². The highest BCUT2D eigenvalue weighted by molar-refractivity contribution is 5.87. The van der Waals surface area contributed by atoms with E-state index in [0.717, 1.165) is 42.4 Å². The molecule has 0 aromatic carbocycles. The number of ether oxygens (including phenoxy) is 1. The molecular weight excluding hydrogens is 320 g/mol. The number of amides is 1. The van der Waals surface area contributed by atoms with Crippen LogP contribution < -0.4 is 11.1 Å². The van der Waals surface area contributed by atoms with Crippen LogP contribution in [-0.2, 0) is 4.74 Å². The van der Waals surface area contributed by atoms with Crippen LogP contribution in [0.4, 0.5) is 10.6 Å². The van der Waals surface area contributed by atoms with E-state index in [0.29, 0.717) is 5.82 Å². The minimum atomic E-state index is -0.480. The predicted octanol–water partition coefficient (Wildman–Crippen LogP) is 2.73. The zero-order valence-electron chi connectivity index (χ0n) is 15.2. The van der Waals surface area contributed by atoms with Crippen molar-refractivity contribution in [2.24, 2.45) is 0 Å². The molecule has 0 aliphatic heterocycles. The third kappa shape index (κ3) is 3.83. The van der Waals surface area contributed by atoms with Gasteiger partial charge in [-0.05, 0) is 53.4 Å². The molecule has 1 fully saturated rings. The summed E-state index contributed by atoms with van der Waals surface area (Å²) in [5, 5.41) is 8.42. The maximum absolute atomic E-state index is 11.9. The lowest BCUT2D eigenvalue weighted by Crippen LogP contribution is -2.41. The Morgan fingerprint density at radius 2 is 1.96 bits per heavy atom. The molecule has 0 bridgehead atoms. The van der Waals surface area contributed by atoms with Gasteiger partial charge in [-0.3, -0.25) is 0 Å². The fraction of sp³-hybridized carbons (Fsp3) is 0.647. The summed E-state index contributed by atoms with van der Waals surface area (Å²) in [7, 11) is 0. The SMILES string of the molecule is Cc1nn(C2CCC(NC(=O)OC(C)(C)C)CC2)c2ncnc(N)c12. The molecule has 0 atom stereocenters. The van der Waals surface area contributed by atoms with Gasteiger partial charge in [0.15, 0.2) is 5.65 Å². The molecule has 3 N–H and O–H groups in total. The van der Waals surface area contributed by atoms with E-state index in [9.17, 15) is 4.79 Å². The van der Waals surface area contributed by atoms with Crippen molar-refractivity contribution >= 4 is 22.9 Å². The molecule has 25 heavy (non-hydrogen) atoms. The normalized spacial score (nSPS) is 21.3. The molecule has 8 heteroatoms. The average Bonchev–Trinajstić information content (AvgIpc) is 2.84. The Labute approximate surface area is 147 Å². The lowest BCUT2D eigenvalue weighted by Gasteiger charge is -2.30. The van der Waals surface area contributed by atoms with Crippen LogP contribution in [0.3, 0.4) is 0 Å². The second-order valence-corrected chi connectivity index (χ2v) is 7.64. The van der Waals surface area contributed by atoms with Gasteiger partial charge in [0, 0.05) is 6.04 Å².